The molecule has 67 heavy (non-hydrogen) atoms. The Morgan fingerprint density at radius 3 is 2.37 bits per heavy atom. The summed E-state index contributed by atoms with van der Waals surface area (Å²) < 4.78 is 16.9. The maximum Gasteiger partial charge on any atom is 0.249 e. The van der Waals surface area contributed by atoms with Crippen LogP contribution in [0.25, 0.3) is 22.0 Å². The number of rotatable bonds is 14. The highest BCUT2D eigenvalue weighted by atomic mass is 19.1. The molecule has 342 valence electrons. The fourth-order valence-corrected chi connectivity index (χ4v) is 9.30. The molecule has 3 saturated heterocycles. The fourth-order valence-electron chi connectivity index (χ4n) is 9.30. The van der Waals surface area contributed by atoms with Crippen molar-refractivity contribution >= 4 is 51.7 Å². The van der Waals surface area contributed by atoms with E-state index in [1.54, 1.807) is 46.2 Å². The van der Waals surface area contributed by atoms with Gasteiger partial charge in [0, 0.05) is 98.3 Å². The zero-order valence-electron chi connectivity index (χ0n) is 36.9. The molecule has 3 aliphatic rings. The van der Waals surface area contributed by atoms with Gasteiger partial charge >= 0.3 is 0 Å². The van der Waals surface area contributed by atoms with Crippen LogP contribution >= 0.6 is 0 Å². The summed E-state index contributed by atoms with van der Waals surface area (Å²) in [6.45, 7) is 3.43. The van der Waals surface area contributed by atoms with Crippen LogP contribution in [-0.4, -0.2) is 106 Å². The van der Waals surface area contributed by atoms with Gasteiger partial charge in [0.05, 0.1) is 29.6 Å². The van der Waals surface area contributed by atoms with Gasteiger partial charge in [-0.15, -0.1) is 0 Å². The lowest BCUT2D eigenvalue weighted by atomic mass is 9.95. The second kappa shape index (κ2) is 19.8. The number of hydrogen-bond donors (Lipinski definition) is 4. The average Bonchev–Trinajstić information content (AvgIpc) is 4.01. The van der Waals surface area contributed by atoms with Crippen LogP contribution in [0.3, 0.4) is 0 Å². The van der Waals surface area contributed by atoms with E-state index in [1.165, 1.54) is 6.07 Å². The molecule has 2 atom stereocenters. The second-order valence-electron chi connectivity index (χ2n) is 17.4. The van der Waals surface area contributed by atoms with Crippen molar-refractivity contribution in [1.29, 1.82) is 5.26 Å². The first-order valence-corrected chi connectivity index (χ1v) is 22.8. The highest BCUT2D eigenvalue weighted by molar-refractivity contribution is 6.11. The predicted octanol–water partition coefficient (Wildman–Crippen LogP) is 5.60. The quantitative estimate of drug-likeness (QED) is 0.0792. The predicted molar refractivity (Wildman–Crippen MR) is 250 cm³/mol. The molecule has 0 spiro atoms. The van der Waals surface area contributed by atoms with Crippen LogP contribution < -0.4 is 20.9 Å². The number of nitrogens with zero attached hydrogens (tertiary/aromatic N) is 6. The number of fused-ring (bicyclic) bond motifs is 1. The number of benzene rings is 4. The zero-order chi connectivity index (χ0) is 46.4. The van der Waals surface area contributed by atoms with E-state index >= 15 is 4.39 Å². The molecule has 6 aromatic rings. The van der Waals surface area contributed by atoms with Crippen LogP contribution in [0.1, 0.15) is 58.8 Å². The molecule has 2 unspecified atom stereocenters. The third-order valence-corrected chi connectivity index (χ3v) is 13.1. The Bertz CT molecular complexity index is 2840. The first kappa shape index (κ1) is 44.6. The lowest BCUT2D eigenvalue weighted by Gasteiger charge is -2.39. The number of nitriles is 1. The van der Waals surface area contributed by atoms with Crippen LogP contribution in [0.15, 0.2) is 110 Å². The number of halogens is 1. The Hall–Kier alpha value is -7.64. The molecule has 2 aromatic heterocycles. The lowest BCUT2D eigenvalue weighted by Crippen LogP contribution is -2.52. The Kier molecular flexibility index (Phi) is 13.2. The van der Waals surface area contributed by atoms with E-state index in [2.05, 4.69) is 32.1 Å². The van der Waals surface area contributed by atoms with Gasteiger partial charge in [0.2, 0.25) is 23.6 Å². The number of likely N-dealkylation sites (tertiary alicyclic amines) is 1. The van der Waals surface area contributed by atoms with E-state index in [-0.39, 0.29) is 42.4 Å². The van der Waals surface area contributed by atoms with E-state index in [0.29, 0.717) is 94.0 Å². The lowest BCUT2D eigenvalue weighted by molar-refractivity contribution is -0.141. The molecule has 4 N–H and O–H groups in total. The molecule has 3 aliphatic heterocycles. The van der Waals surface area contributed by atoms with E-state index in [1.807, 2.05) is 76.7 Å². The largest absolute Gasteiger partial charge is 0.374 e. The van der Waals surface area contributed by atoms with E-state index < -0.39 is 23.8 Å². The van der Waals surface area contributed by atoms with Gasteiger partial charge in [0.25, 0.3) is 0 Å². The Balaban J connectivity index is 0.750. The maximum absolute atomic E-state index is 15.3. The van der Waals surface area contributed by atoms with Gasteiger partial charge in [-0.25, -0.2) is 4.39 Å². The molecule has 0 bridgehead atoms. The summed E-state index contributed by atoms with van der Waals surface area (Å²) in [4.78, 5) is 73.6. The molecule has 4 aromatic carbocycles. The number of nitrogens with one attached hydrogen (secondary N) is 4. The van der Waals surface area contributed by atoms with Crippen molar-refractivity contribution < 1.29 is 28.4 Å². The Morgan fingerprint density at radius 1 is 0.866 bits per heavy atom. The molecule has 15 nitrogen and oxygen atoms in total. The minimum Gasteiger partial charge on any atom is -0.374 e. The van der Waals surface area contributed by atoms with E-state index in [0.717, 1.165) is 33.2 Å². The number of carbonyl (C=O) groups is 5. The van der Waals surface area contributed by atoms with Crippen molar-refractivity contribution in [2.24, 2.45) is 5.92 Å². The smallest absolute Gasteiger partial charge is 0.249 e. The number of piperidine rings is 2. The minimum absolute atomic E-state index is 0.0513. The van der Waals surface area contributed by atoms with Crippen molar-refractivity contribution in [3.05, 3.63) is 138 Å². The monoisotopic (exact) mass is 902 g/mol. The van der Waals surface area contributed by atoms with Gasteiger partial charge in [-0.2, -0.15) is 10.4 Å². The van der Waals surface area contributed by atoms with Gasteiger partial charge in [0.15, 0.2) is 5.78 Å². The normalized spacial score (nSPS) is 17.3. The summed E-state index contributed by atoms with van der Waals surface area (Å²) in [5, 5.41) is 23.2. The third kappa shape index (κ3) is 10.1. The zero-order valence-corrected chi connectivity index (χ0v) is 36.9. The van der Waals surface area contributed by atoms with E-state index in [4.69, 9.17) is 5.26 Å². The first-order chi connectivity index (χ1) is 32.6. The molecule has 0 saturated carbocycles. The number of imide groups is 1. The van der Waals surface area contributed by atoms with Crippen LogP contribution in [0.2, 0.25) is 0 Å². The van der Waals surface area contributed by atoms with Gasteiger partial charge in [-0.3, -0.25) is 34.0 Å². The van der Waals surface area contributed by atoms with Gasteiger partial charge in [-0.05, 0) is 78.8 Å². The van der Waals surface area contributed by atoms with Crippen LogP contribution in [-0.2, 0) is 32.1 Å². The van der Waals surface area contributed by atoms with Gasteiger partial charge < -0.3 is 30.3 Å². The molecule has 3 fully saturated rings. The highest BCUT2D eigenvalue weighted by Crippen LogP contribution is 2.30. The number of anilines is 2. The average molecular weight is 903 g/mol. The summed E-state index contributed by atoms with van der Waals surface area (Å²) in [6.07, 6.45) is 7.71. The van der Waals surface area contributed by atoms with Crippen molar-refractivity contribution in [2.45, 2.75) is 50.7 Å². The Morgan fingerprint density at radius 2 is 1.64 bits per heavy atom. The standard InChI is InChI=1S/C51H51FN10O5/c52-42-27-39(57-43-13-15-46(63)58-50(43)66)11-14-45(42)59-22-24-61(25-23-59)51(67)36-17-20-60(21-18-36)47(64)32-62-31-38(29-56-62)37-10-12-40-41(30-55-44(40)26-37)49(65)48(35-4-2-1-3-5-35)54-19-16-33-6-8-34(28-53)9-7-33/h1-12,14,26-27,29-31,36,43,48,54-55,57H,13,15-25,32H2,(H,58,63,66). The third-order valence-electron chi connectivity index (χ3n) is 13.1. The number of H-pyrrole nitrogens is 1. The first-order valence-electron chi connectivity index (χ1n) is 22.8. The maximum atomic E-state index is 15.3. The van der Waals surface area contributed by atoms with Gasteiger partial charge in [-0.1, -0.05) is 54.6 Å². The summed E-state index contributed by atoms with van der Waals surface area (Å²) in [7, 11) is 0. The molecular formula is C51H51FN10O5. The second-order valence-corrected chi connectivity index (χ2v) is 17.4. The minimum atomic E-state index is -0.606. The molecule has 0 aliphatic carbocycles. The number of amides is 4. The molecule has 4 amide bonds. The molecule has 16 heteroatoms. The van der Waals surface area contributed by atoms with Crippen molar-refractivity contribution in [3.8, 4) is 17.2 Å². The van der Waals surface area contributed by atoms with Crippen LogP contribution in [0, 0.1) is 23.1 Å². The van der Waals surface area contributed by atoms with Crippen molar-refractivity contribution in [1.82, 2.24) is 35.2 Å². The molecular weight excluding hydrogens is 852 g/mol. The van der Waals surface area contributed by atoms with Gasteiger partial charge in [0.1, 0.15) is 18.4 Å². The van der Waals surface area contributed by atoms with Crippen molar-refractivity contribution in [3.63, 3.8) is 0 Å². The van der Waals surface area contributed by atoms with Crippen LogP contribution in [0.5, 0.6) is 0 Å². The number of aromatic nitrogens is 3. The number of ketones is 1. The number of piperazine rings is 1. The van der Waals surface area contributed by atoms with Crippen molar-refractivity contribution in [2.75, 3.05) is 56.0 Å². The summed E-state index contributed by atoms with van der Waals surface area (Å²) in [5.41, 5.74) is 6.52. The summed E-state index contributed by atoms with van der Waals surface area (Å²) in [5.74, 6) is -1.42. The molecule has 0 radical (unpaired) electrons. The summed E-state index contributed by atoms with van der Waals surface area (Å²) in [6, 6.07) is 28.7. The summed E-state index contributed by atoms with van der Waals surface area (Å²) >= 11 is 0. The SMILES string of the molecule is N#Cc1ccc(CCNC(C(=O)c2c[nH]c3cc(-c4cnn(CC(=O)N5CCC(C(=O)N6CCN(c7ccc(NC8CCC(=O)NC8=O)cc7F)CC6)CC5)c4)ccc23)c2ccccc2)cc1. The number of hydrogen-bond acceptors (Lipinski definition) is 10. The number of carbonyl (C=O) groups excluding carboxylic acids is 5. The fraction of sp³-hybridized carbons (Fsp3) is 0.314. The van der Waals surface area contributed by atoms with Crippen LogP contribution in [0.4, 0.5) is 15.8 Å². The topological polar surface area (TPSA) is 189 Å². The highest BCUT2D eigenvalue weighted by Gasteiger charge is 2.33. The molecule has 5 heterocycles. The van der Waals surface area contributed by atoms with E-state index in [9.17, 15) is 24.0 Å². The number of Topliss-reactive ketones (excluding diaryl/α,β-unsaturated/α-hetero) is 1. The number of aromatic amines is 1. The Labute approximate surface area is 386 Å². The molecule has 9 rings (SSSR count).